The van der Waals surface area contributed by atoms with Gasteiger partial charge in [0.15, 0.2) is 5.13 Å². The van der Waals surface area contributed by atoms with Gasteiger partial charge in [-0.1, -0.05) is 6.92 Å². The Morgan fingerprint density at radius 1 is 1.48 bits per heavy atom. The molecule has 0 bridgehead atoms. The minimum Gasteiger partial charge on any atom is -0.378 e. The van der Waals surface area contributed by atoms with Crippen molar-refractivity contribution in [2.24, 2.45) is 5.92 Å². The van der Waals surface area contributed by atoms with E-state index >= 15 is 0 Å². The number of nitrogens with one attached hydrogen (secondary N) is 1. The molecule has 1 amide bonds. The number of carbonyl (C=O) groups is 1. The molecule has 5 nitrogen and oxygen atoms in total. The third kappa shape index (κ3) is 5.26. The van der Waals surface area contributed by atoms with E-state index in [2.05, 4.69) is 27.5 Å². The van der Waals surface area contributed by atoms with E-state index in [0.717, 1.165) is 62.2 Å². The predicted octanol–water partition coefficient (Wildman–Crippen LogP) is 3.27. The lowest BCUT2D eigenvalue weighted by atomic mass is 10.0. The number of anilines is 1. The number of hydrogen-bond acceptors (Lipinski definition) is 5. The van der Waals surface area contributed by atoms with Gasteiger partial charge in [-0.3, -0.25) is 9.69 Å². The second-order valence-electron chi connectivity index (χ2n) is 6.85. The van der Waals surface area contributed by atoms with Crippen molar-refractivity contribution in [3.63, 3.8) is 0 Å². The minimum absolute atomic E-state index is 0.0491. The fraction of sp³-hybridized carbons (Fsp3) is 0.765. The Balaban J connectivity index is 1.42. The second-order valence-corrected chi connectivity index (χ2v) is 7.71. The molecule has 2 atom stereocenters. The highest BCUT2D eigenvalue weighted by atomic mass is 32.1. The molecule has 6 heteroatoms. The highest BCUT2D eigenvalue weighted by Gasteiger charge is 2.19. The van der Waals surface area contributed by atoms with Crippen LogP contribution in [0.15, 0.2) is 5.38 Å². The number of thiazole rings is 1. The summed E-state index contributed by atoms with van der Waals surface area (Å²) in [6, 6.07) is 0. The van der Waals surface area contributed by atoms with E-state index in [-0.39, 0.29) is 12.0 Å². The third-order valence-corrected chi connectivity index (χ3v) is 5.45. The van der Waals surface area contributed by atoms with E-state index in [1.807, 2.05) is 0 Å². The van der Waals surface area contributed by atoms with Crippen LogP contribution in [-0.4, -0.2) is 41.6 Å². The Morgan fingerprint density at radius 3 is 3.17 bits per heavy atom. The number of rotatable bonds is 6. The predicted molar refractivity (Wildman–Crippen MR) is 92.6 cm³/mol. The van der Waals surface area contributed by atoms with Crippen molar-refractivity contribution in [2.75, 3.05) is 25.0 Å². The van der Waals surface area contributed by atoms with Crippen LogP contribution in [-0.2, 0) is 16.1 Å². The smallest absolute Gasteiger partial charge is 0.226 e. The highest BCUT2D eigenvalue weighted by Crippen LogP contribution is 2.22. The van der Waals surface area contributed by atoms with E-state index < -0.39 is 0 Å². The molecule has 1 N–H and O–H groups in total. The number of carbonyl (C=O) groups excluding carboxylic acids is 1. The summed E-state index contributed by atoms with van der Waals surface area (Å²) >= 11 is 1.52. The number of aromatic nitrogens is 1. The number of hydrogen-bond donors (Lipinski definition) is 1. The monoisotopic (exact) mass is 337 g/mol. The molecular formula is C17H27N3O2S. The maximum Gasteiger partial charge on any atom is 0.226 e. The Kier molecular flexibility index (Phi) is 6.02. The summed E-state index contributed by atoms with van der Waals surface area (Å²) in [5.74, 6) is 0.826. The molecule has 0 radical (unpaired) electrons. The van der Waals surface area contributed by atoms with Gasteiger partial charge in [0.25, 0.3) is 0 Å². The summed E-state index contributed by atoms with van der Waals surface area (Å²) in [6.07, 6.45) is 6.42. The number of likely N-dealkylation sites (tertiary alicyclic amines) is 1. The van der Waals surface area contributed by atoms with Crippen LogP contribution in [0.5, 0.6) is 0 Å². The lowest BCUT2D eigenvalue weighted by molar-refractivity contribution is -0.116. The molecule has 1 unspecified atom stereocenters. The number of ether oxygens (including phenoxy) is 1. The van der Waals surface area contributed by atoms with E-state index in [4.69, 9.17) is 4.74 Å². The topological polar surface area (TPSA) is 54.5 Å². The Morgan fingerprint density at radius 2 is 2.39 bits per heavy atom. The summed E-state index contributed by atoms with van der Waals surface area (Å²) < 4.78 is 5.55. The molecule has 2 saturated heterocycles. The van der Waals surface area contributed by atoms with Crippen LogP contribution in [0.1, 0.15) is 51.1 Å². The van der Waals surface area contributed by atoms with Crippen LogP contribution >= 0.6 is 11.3 Å². The van der Waals surface area contributed by atoms with E-state index in [0.29, 0.717) is 6.42 Å². The number of piperidine rings is 1. The summed E-state index contributed by atoms with van der Waals surface area (Å²) in [5, 5.41) is 5.72. The zero-order valence-electron chi connectivity index (χ0n) is 13.9. The van der Waals surface area contributed by atoms with Gasteiger partial charge in [-0.2, -0.15) is 0 Å². The van der Waals surface area contributed by atoms with Crippen molar-refractivity contribution in [3.8, 4) is 0 Å². The van der Waals surface area contributed by atoms with Crippen molar-refractivity contribution in [1.29, 1.82) is 0 Å². The molecule has 0 aromatic carbocycles. The van der Waals surface area contributed by atoms with Gasteiger partial charge in [0, 0.05) is 31.5 Å². The average Bonchev–Trinajstić information content (AvgIpc) is 3.17. The molecule has 0 spiro atoms. The van der Waals surface area contributed by atoms with Crippen LogP contribution in [0, 0.1) is 5.92 Å². The minimum atomic E-state index is 0.0491. The molecule has 1 aromatic heterocycles. The van der Waals surface area contributed by atoms with Gasteiger partial charge in [0.2, 0.25) is 5.91 Å². The molecular weight excluding hydrogens is 310 g/mol. The van der Waals surface area contributed by atoms with Crippen molar-refractivity contribution in [1.82, 2.24) is 9.88 Å². The Labute approximate surface area is 142 Å². The fourth-order valence-electron chi connectivity index (χ4n) is 3.44. The first-order chi connectivity index (χ1) is 11.2. The van der Waals surface area contributed by atoms with E-state index in [1.54, 1.807) is 0 Å². The normalized spacial score (nSPS) is 25.6. The van der Waals surface area contributed by atoms with Gasteiger partial charge in [0.1, 0.15) is 0 Å². The fourth-order valence-corrected chi connectivity index (χ4v) is 4.16. The maximum atomic E-state index is 12.0. The summed E-state index contributed by atoms with van der Waals surface area (Å²) in [6.45, 7) is 6.36. The largest absolute Gasteiger partial charge is 0.378 e. The molecule has 2 aliphatic heterocycles. The highest BCUT2D eigenvalue weighted by molar-refractivity contribution is 7.13. The average molecular weight is 337 g/mol. The first kappa shape index (κ1) is 16.9. The van der Waals surface area contributed by atoms with Gasteiger partial charge in [-0.15, -0.1) is 11.3 Å². The lowest BCUT2D eigenvalue weighted by Gasteiger charge is -2.30. The standard InChI is InChI=1S/C17H27N3O2S/c1-13-4-2-8-20(10-13)11-14-12-23-17(18-14)19-16(21)7-6-15-5-3-9-22-15/h12-13,15H,2-11H2,1H3,(H,18,19,21)/t13?,15-/m1/s1. The Bertz CT molecular complexity index is 514. The lowest BCUT2D eigenvalue weighted by Crippen LogP contribution is -2.33. The molecule has 23 heavy (non-hydrogen) atoms. The zero-order valence-corrected chi connectivity index (χ0v) is 14.7. The van der Waals surface area contributed by atoms with Crippen molar-refractivity contribution < 1.29 is 9.53 Å². The SMILES string of the molecule is CC1CCCN(Cc2csc(NC(=O)CC[C@H]3CCCO3)n2)C1. The van der Waals surface area contributed by atoms with Gasteiger partial charge >= 0.3 is 0 Å². The first-order valence-corrected chi connectivity index (χ1v) is 9.65. The van der Waals surface area contributed by atoms with E-state index in [9.17, 15) is 4.79 Å². The van der Waals surface area contributed by atoms with Crippen molar-refractivity contribution in [2.45, 2.75) is 58.1 Å². The van der Waals surface area contributed by atoms with Gasteiger partial charge in [-0.25, -0.2) is 4.98 Å². The number of nitrogens with zero attached hydrogens (tertiary/aromatic N) is 2. The molecule has 2 aliphatic rings. The van der Waals surface area contributed by atoms with Gasteiger partial charge in [-0.05, 0) is 44.6 Å². The number of amides is 1. The summed E-state index contributed by atoms with van der Waals surface area (Å²) in [4.78, 5) is 19.0. The summed E-state index contributed by atoms with van der Waals surface area (Å²) in [5.41, 5.74) is 1.07. The maximum absolute atomic E-state index is 12.0. The molecule has 3 heterocycles. The quantitative estimate of drug-likeness (QED) is 0.865. The molecule has 128 valence electrons. The van der Waals surface area contributed by atoms with Crippen molar-refractivity contribution in [3.05, 3.63) is 11.1 Å². The van der Waals surface area contributed by atoms with Crippen LogP contribution in [0.4, 0.5) is 5.13 Å². The molecule has 0 aliphatic carbocycles. The van der Waals surface area contributed by atoms with Crippen molar-refractivity contribution >= 4 is 22.4 Å². The molecule has 1 aromatic rings. The summed E-state index contributed by atoms with van der Waals surface area (Å²) in [7, 11) is 0. The second kappa shape index (κ2) is 8.22. The van der Waals surface area contributed by atoms with Crippen LogP contribution in [0.2, 0.25) is 0 Å². The molecule has 3 rings (SSSR count). The van der Waals surface area contributed by atoms with E-state index in [1.165, 1.54) is 24.2 Å². The van der Waals surface area contributed by atoms with Gasteiger partial charge < -0.3 is 10.1 Å². The molecule has 0 saturated carbocycles. The van der Waals surface area contributed by atoms with Gasteiger partial charge in [0.05, 0.1) is 11.8 Å². The third-order valence-electron chi connectivity index (χ3n) is 4.64. The zero-order chi connectivity index (χ0) is 16.1. The first-order valence-electron chi connectivity index (χ1n) is 8.77. The Hall–Kier alpha value is -0.980. The van der Waals surface area contributed by atoms with Crippen LogP contribution in [0.3, 0.4) is 0 Å². The van der Waals surface area contributed by atoms with Crippen LogP contribution < -0.4 is 5.32 Å². The van der Waals surface area contributed by atoms with Crippen LogP contribution in [0.25, 0.3) is 0 Å². The molecule has 2 fully saturated rings.